The molecule has 6 heteroatoms. The first-order valence-corrected chi connectivity index (χ1v) is 8.86. The van der Waals surface area contributed by atoms with Gasteiger partial charge in [0.05, 0.1) is 30.6 Å². The molecule has 0 saturated heterocycles. The molecule has 0 aliphatic rings. The molecule has 0 saturated carbocycles. The number of thioether (sulfide) groups is 1. The molecular weight excluding hydrogens is 336 g/mol. The van der Waals surface area contributed by atoms with Gasteiger partial charge in [0.2, 0.25) is 5.91 Å². The number of hydrogen-bond donors (Lipinski definition) is 1. The molecule has 0 aliphatic heterocycles. The lowest BCUT2D eigenvalue weighted by molar-refractivity contribution is -0.115. The molecule has 0 spiro atoms. The molecule has 5 nitrogen and oxygen atoms in total. The highest BCUT2D eigenvalue weighted by atomic mass is 32.2. The van der Waals surface area contributed by atoms with E-state index in [1.54, 1.807) is 31.4 Å². The van der Waals surface area contributed by atoms with E-state index < -0.39 is 0 Å². The van der Waals surface area contributed by atoms with Crippen molar-refractivity contribution in [2.75, 3.05) is 24.8 Å². The van der Waals surface area contributed by atoms with Crippen molar-refractivity contribution in [2.24, 2.45) is 0 Å². The number of amides is 1. The molecule has 0 fully saturated rings. The summed E-state index contributed by atoms with van der Waals surface area (Å²) in [5.41, 5.74) is 1.15. The lowest BCUT2D eigenvalue weighted by atomic mass is 10.2. The average molecular weight is 356 g/mol. The summed E-state index contributed by atoms with van der Waals surface area (Å²) in [5, 5.41) is 11.5. The van der Waals surface area contributed by atoms with Crippen LogP contribution in [-0.4, -0.2) is 30.6 Å². The van der Waals surface area contributed by atoms with Crippen LogP contribution in [0.2, 0.25) is 0 Å². The van der Waals surface area contributed by atoms with Gasteiger partial charge >= 0.3 is 0 Å². The molecule has 0 heterocycles. The van der Waals surface area contributed by atoms with Gasteiger partial charge in [-0.3, -0.25) is 4.79 Å². The fourth-order valence-corrected chi connectivity index (χ4v) is 2.79. The number of anilines is 1. The Balaban J connectivity index is 1.72. The van der Waals surface area contributed by atoms with E-state index in [0.29, 0.717) is 23.6 Å². The third-order valence-corrected chi connectivity index (χ3v) is 4.52. The Labute approximate surface area is 151 Å². The van der Waals surface area contributed by atoms with Crippen molar-refractivity contribution in [3.8, 4) is 17.6 Å². The molecule has 0 bridgehead atoms. The van der Waals surface area contributed by atoms with E-state index in [1.165, 1.54) is 11.8 Å². The van der Waals surface area contributed by atoms with Crippen LogP contribution in [0, 0.1) is 11.3 Å². The van der Waals surface area contributed by atoms with Gasteiger partial charge in [-0.05, 0) is 49.4 Å². The zero-order valence-corrected chi connectivity index (χ0v) is 15.0. The lowest BCUT2D eigenvalue weighted by Gasteiger charge is -2.13. The standard InChI is InChI=1S/C19H20N2O3S/c1-14(19(22)21-16-5-3-4-15(12-16)13-20)25-11-10-24-18-8-6-17(23-2)7-9-18/h3-9,12,14H,10-11H2,1-2H3,(H,21,22). The van der Waals surface area contributed by atoms with E-state index in [9.17, 15) is 4.79 Å². The zero-order valence-electron chi connectivity index (χ0n) is 14.2. The Bertz CT molecular complexity index is 741. The summed E-state index contributed by atoms with van der Waals surface area (Å²) in [5.74, 6) is 2.16. The maximum absolute atomic E-state index is 12.2. The van der Waals surface area contributed by atoms with Gasteiger partial charge in [-0.1, -0.05) is 6.07 Å². The molecule has 25 heavy (non-hydrogen) atoms. The largest absolute Gasteiger partial charge is 0.497 e. The topological polar surface area (TPSA) is 71.3 Å². The van der Waals surface area contributed by atoms with Crippen molar-refractivity contribution < 1.29 is 14.3 Å². The maximum Gasteiger partial charge on any atom is 0.237 e. The van der Waals surface area contributed by atoms with Crippen LogP contribution in [0.3, 0.4) is 0 Å². The molecule has 0 radical (unpaired) electrons. The Kier molecular flexibility index (Phi) is 7.17. The Morgan fingerprint density at radius 3 is 2.64 bits per heavy atom. The summed E-state index contributed by atoms with van der Waals surface area (Å²) in [7, 11) is 1.62. The normalized spacial score (nSPS) is 11.2. The Morgan fingerprint density at radius 2 is 1.96 bits per heavy atom. The summed E-state index contributed by atoms with van der Waals surface area (Å²) in [6, 6.07) is 16.3. The van der Waals surface area contributed by atoms with Crippen LogP contribution in [0.15, 0.2) is 48.5 Å². The van der Waals surface area contributed by atoms with E-state index in [0.717, 1.165) is 11.5 Å². The predicted octanol–water partition coefficient (Wildman–Crippen LogP) is 3.71. The van der Waals surface area contributed by atoms with Gasteiger partial charge < -0.3 is 14.8 Å². The van der Waals surface area contributed by atoms with Gasteiger partial charge in [-0.25, -0.2) is 0 Å². The highest BCUT2D eigenvalue weighted by Gasteiger charge is 2.13. The van der Waals surface area contributed by atoms with Crippen molar-refractivity contribution in [3.63, 3.8) is 0 Å². The molecule has 1 N–H and O–H groups in total. The van der Waals surface area contributed by atoms with Gasteiger partial charge in [0.1, 0.15) is 11.5 Å². The molecule has 1 amide bonds. The number of nitrogens with zero attached hydrogens (tertiary/aromatic N) is 1. The number of carbonyl (C=O) groups excluding carboxylic acids is 1. The van der Waals surface area contributed by atoms with Gasteiger partial charge in [-0.15, -0.1) is 11.8 Å². The number of nitriles is 1. The lowest BCUT2D eigenvalue weighted by Crippen LogP contribution is -2.23. The maximum atomic E-state index is 12.2. The van der Waals surface area contributed by atoms with Crippen LogP contribution in [-0.2, 0) is 4.79 Å². The van der Waals surface area contributed by atoms with E-state index in [4.69, 9.17) is 14.7 Å². The summed E-state index contributed by atoms with van der Waals surface area (Å²) < 4.78 is 10.7. The minimum atomic E-state index is -0.217. The molecule has 2 aromatic rings. The SMILES string of the molecule is COc1ccc(OCCSC(C)C(=O)Nc2cccc(C#N)c2)cc1. The first-order valence-electron chi connectivity index (χ1n) is 7.82. The van der Waals surface area contributed by atoms with Crippen molar-refractivity contribution in [2.45, 2.75) is 12.2 Å². The highest BCUT2D eigenvalue weighted by Crippen LogP contribution is 2.18. The first-order chi connectivity index (χ1) is 12.1. The van der Waals surface area contributed by atoms with Crippen molar-refractivity contribution in [3.05, 3.63) is 54.1 Å². The van der Waals surface area contributed by atoms with Gasteiger partial charge in [-0.2, -0.15) is 5.26 Å². The fourth-order valence-electron chi connectivity index (χ4n) is 2.04. The van der Waals surface area contributed by atoms with Gasteiger partial charge in [0.15, 0.2) is 0 Å². The number of rotatable bonds is 8. The highest BCUT2D eigenvalue weighted by molar-refractivity contribution is 8.00. The van der Waals surface area contributed by atoms with E-state index in [2.05, 4.69) is 11.4 Å². The Morgan fingerprint density at radius 1 is 1.24 bits per heavy atom. The predicted molar refractivity (Wildman–Crippen MR) is 100 cm³/mol. The van der Waals surface area contributed by atoms with Crippen LogP contribution < -0.4 is 14.8 Å². The second-order valence-electron chi connectivity index (χ2n) is 5.22. The summed E-state index contributed by atoms with van der Waals surface area (Å²) in [6.45, 7) is 2.36. The molecule has 2 aromatic carbocycles. The summed E-state index contributed by atoms with van der Waals surface area (Å²) >= 11 is 1.51. The van der Waals surface area contributed by atoms with Crippen molar-refractivity contribution >= 4 is 23.4 Å². The number of benzene rings is 2. The van der Waals surface area contributed by atoms with E-state index in [1.807, 2.05) is 31.2 Å². The van der Waals surface area contributed by atoms with Crippen LogP contribution in [0.5, 0.6) is 11.5 Å². The van der Waals surface area contributed by atoms with Crippen molar-refractivity contribution in [1.82, 2.24) is 0 Å². The van der Waals surface area contributed by atoms with E-state index in [-0.39, 0.29) is 11.2 Å². The quantitative estimate of drug-likeness (QED) is 0.730. The number of hydrogen-bond acceptors (Lipinski definition) is 5. The second-order valence-corrected chi connectivity index (χ2v) is 6.67. The summed E-state index contributed by atoms with van der Waals surface area (Å²) in [6.07, 6.45) is 0. The van der Waals surface area contributed by atoms with Gasteiger partial charge in [0.25, 0.3) is 0 Å². The van der Waals surface area contributed by atoms with Crippen LogP contribution in [0.1, 0.15) is 12.5 Å². The molecule has 1 atom stereocenters. The van der Waals surface area contributed by atoms with Crippen LogP contribution in [0.25, 0.3) is 0 Å². The van der Waals surface area contributed by atoms with Crippen LogP contribution in [0.4, 0.5) is 5.69 Å². The van der Waals surface area contributed by atoms with Crippen molar-refractivity contribution in [1.29, 1.82) is 5.26 Å². The number of carbonyl (C=O) groups is 1. The minimum absolute atomic E-state index is 0.0930. The number of ether oxygens (including phenoxy) is 2. The molecule has 1 unspecified atom stereocenters. The molecule has 0 aliphatic carbocycles. The zero-order chi connectivity index (χ0) is 18.1. The number of nitrogens with one attached hydrogen (secondary N) is 1. The molecule has 2 rings (SSSR count). The molecule has 130 valence electrons. The molecular formula is C19H20N2O3S. The Hall–Kier alpha value is -2.65. The van der Waals surface area contributed by atoms with Gasteiger partial charge in [0, 0.05) is 11.4 Å². The second kappa shape index (κ2) is 9.60. The third kappa shape index (κ3) is 6.05. The number of methoxy groups -OCH3 is 1. The third-order valence-electron chi connectivity index (χ3n) is 3.41. The fraction of sp³-hybridized carbons (Fsp3) is 0.263. The smallest absolute Gasteiger partial charge is 0.237 e. The summed E-state index contributed by atoms with van der Waals surface area (Å²) in [4.78, 5) is 12.2. The molecule has 0 aromatic heterocycles. The average Bonchev–Trinajstić information content (AvgIpc) is 2.65. The van der Waals surface area contributed by atoms with Crippen LogP contribution >= 0.6 is 11.8 Å². The minimum Gasteiger partial charge on any atom is -0.497 e. The van der Waals surface area contributed by atoms with E-state index >= 15 is 0 Å². The monoisotopic (exact) mass is 356 g/mol. The first kappa shape index (κ1) is 18.7.